The highest BCUT2D eigenvalue weighted by Crippen LogP contribution is 2.41. The van der Waals surface area contributed by atoms with Crippen molar-refractivity contribution in [2.45, 2.75) is 38.4 Å². The zero-order chi connectivity index (χ0) is 13.2. The molecule has 1 unspecified atom stereocenters. The third kappa shape index (κ3) is 2.64. The minimum absolute atomic E-state index is 0.0113. The molecule has 1 aromatic rings. The smallest absolute Gasteiger partial charge is 0.306 e. The maximum absolute atomic E-state index is 10.9. The average Bonchev–Trinajstić information content (AvgIpc) is 2.24. The van der Waals surface area contributed by atoms with Gasteiger partial charge in [-0.25, -0.2) is 0 Å². The summed E-state index contributed by atoms with van der Waals surface area (Å²) in [6.07, 6.45) is 0.893. The highest BCUT2D eigenvalue weighted by molar-refractivity contribution is 5.69. The first-order valence-corrected chi connectivity index (χ1v) is 6.15. The van der Waals surface area contributed by atoms with Crippen LogP contribution >= 0.6 is 0 Å². The lowest BCUT2D eigenvalue weighted by atomic mass is 9.83. The number of benzene rings is 1. The van der Waals surface area contributed by atoms with Crippen LogP contribution in [0.15, 0.2) is 24.3 Å². The molecule has 0 amide bonds. The Morgan fingerprint density at radius 3 is 2.44 bits per heavy atom. The van der Waals surface area contributed by atoms with E-state index in [4.69, 9.17) is 14.6 Å². The van der Waals surface area contributed by atoms with E-state index in [1.165, 1.54) is 0 Å². The largest absolute Gasteiger partial charge is 0.491 e. The SMILES string of the molecule is CC(C)Oc1ccc(C2(CC(=O)O)CCO2)cc1. The van der Waals surface area contributed by atoms with Crippen LogP contribution in [0.5, 0.6) is 5.75 Å². The van der Waals surface area contributed by atoms with E-state index in [0.29, 0.717) is 6.61 Å². The molecule has 1 saturated heterocycles. The molecule has 2 rings (SSSR count). The number of carboxylic acid groups (broad SMARTS) is 1. The zero-order valence-corrected chi connectivity index (χ0v) is 10.7. The lowest BCUT2D eigenvalue weighted by molar-refractivity contribution is -0.176. The summed E-state index contributed by atoms with van der Waals surface area (Å²) in [6.45, 7) is 4.56. The highest BCUT2D eigenvalue weighted by atomic mass is 16.5. The molecule has 0 radical (unpaired) electrons. The molecule has 1 heterocycles. The first kappa shape index (κ1) is 12.9. The van der Waals surface area contributed by atoms with Crippen molar-refractivity contribution in [3.63, 3.8) is 0 Å². The fourth-order valence-corrected chi connectivity index (χ4v) is 2.17. The van der Waals surface area contributed by atoms with E-state index in [0.717, 1.165) is 17.7 Å². The predicted octanol–water partition coefficient (Wildman–Crippen LogP) is 2.56. The molecule has 1 atom stereocenters. The maximum atomic E-state index is 10.9. The quantitative estimate of drug-likeness (QED) is 0.872. The summed E-state index contributed by atoms with van der Waals surface area (Å²) < 4.78 is 11.1. The molecule has 4 nitrogen and oxygen atoms in total. The number of hydrogen-bond acceptors (Lipinski definition) is 3. The minimum Gasteiger partial charge on any atom is -0.491 e. The first-order chi connectivity index (χ1) is 8.52. The van der Waals surface area contributed by atoms with Crippen molar-refractivity contribution in [3.8, 4) is 5.75 Å². The number of rotatable bonds is 5. The normalized spacial score (nSPS) is 22.6. The summed E-state index contributed by atoms with van der Waals surface area (Å²) in [5.74, 6) is -0.0456. The van der Waals surface area contributed by atoms with E-state index >= 15 is 0 Å². The number of carboxylic acids is 1. The van der Waals surface area contributed by atoms with E-state index in [-0.39, 0.29) is 12.5 Å². The van der Waals surface area contributed by atoms with Crippen molar-refractivity contribution < 1.29 is 19.4 Å². The maximum Gasteiger partial charge on any atom is 0.306 e. The summed E-state index contributed by atoms with van der Waals surface area (Å²) in [5, 5.41) is 8.94. The Kier molecular flexibility index (Phi) is 3.57. The molecule has 0 aromatic heterocycles. The van der Waals surface area contributed by atoms with Crippen LogP contribution in [0.2, 0.25) is 0 Å². The number of hydrogen-bond donors (Lipinski definition) is 1. The molecule has 1 aliphatic heterocycles. The summed E-state index contributed by atoms with van der Waals surface area (Å²) in [7, 11) is 0. The standard InChI is InChI=1S/C14H18O4/c1-10(2)18-12-5-3-11(4-6-12)14(7-8-17-14)9-13(15)16/h3-6,10H,7-9H2,1-2H3,(H,15,16). The van der Waals surface area contributed by atoms with Crippen molar-refractivity contribution in [3.05, 3.63) is 29.8 Å². The molecule has 1 N–H and O–H groups in total. The van der Waals surface area contributed by atoms with Crippen LogP contribution in [0.25, 0.3) is 0 Å². The first-order valence-electron chi connectivity index (χ1n) is 6.15. The van der Waals surface area contributed by atoms with Crippen LogP contribution in [-0.4, -0.2) is 23.8 Å². The summed E-state index contributed by atoms with van der Waals surface area (Å²) in [6, 6.07) is 7.50. The Morgan fingerprint density at radius 2 is 2.06 bits per heavy atom. The van der Waals surface area contributed by atoms with E-state index in [9.17, 15) is 4.79 Å². The number of carbonyl (C=O) groups is 1. The second kappa shape index (κ2) is 4.98. The molecule has 0 saturated carbocycles. The van der Waals surface area contributed by atoms with Crippen LogP contribution in [0, 0.1) is 0 Å². The highest BCUT2D eigenvalue weighted by Gasteiger charge is 2.42. The van der Waals surface area contributed by atoms with Crippen molar-refractivity contribution in [2.75, 3.05) is 6.61 Å². The Bertz CT molecular complexity index is 418. The number of aliphatic carboxylic acids is 1. The third-order valence-electron chi connectivity index (χ3n) is 3.07. The van der Waals surface area contributed by atoms with Gasteiger partial charge < -0.3 is 14.6 Å². The van der Waals surface area contributed by atoms with Gasteiger partial charge in [0.1, 0.15) is 11.4 Å². The second-order valence-corrected chi connectivity index (χ2v) is 4.85. The predicted molar refractivity (Wildman–Crippen MR) is 66.7 cm³/mol. The van der Waals surface area contributed by atoms with Crippen LogP contribution in [0.3, 0.4) is 0 Å². The van der Waals surface area contributed by atoms with Gasteiger partial charge in [-0.05, 0) is 31.5 Å². The Labute approximate surface area is 107 Å². The second-order valence-electron chi connectivity index (χ2n) is 4.85. The van der Waals surface area contributed by atoms with Gasteiger partial charge in [0.2, 0.25) is 0 Å². The Balaban J connectivity index is 2.14. The van der Waals surface area contributed by atoms with Crippen molar-refractivity contribution in [1.82, 2.24) is 0 Å². The van der Waals surface area contributed by atoms with Gasteiger partial charge in [-0.15, -0.1) is 0 Å². The molecule has 0 bridgehead atoms. The van der Waals surface area contributed by atoms with Gasteiger partial charge in [0, 0.05) is 6.42 Å². The molecule has 0 aliphatic carbocycles. The Morgan fingerprint density at radius 1 is 1.44 bits per heavy atom. The van der Waals surface area contributed by atoms with Gasteiger partial charge in [0.05, 0.1) is 19.1 Å². The molecule has 18 heavy (non-hydrogen) atoms. The van der Waals surface area contributed by atoms with Crippen LogP contribution in [0.1, 0.15) is 32.3 Å². The lowest BCUT2D eigenvalue weighted by Crippen LogP contribution is -2.42. The molecule has 4 heteroatoms. The summed E-state index contributed by atoms with van der Waals surface area (Å²) >= 11 is 0. The van der Waals surface area contributed by atoms with E-state index in [1.54, 1.807) is 0 Å². The summed E-state index contributed by atoms with van der Waals surface area (Å²) in [4.78, 5) is 10.9. The average molecular weight is 250 g/mol. The molecular formula is C14H18O4. The molecule has 1 aromatic carbocycles. The fourth-order valence-electron chi connectivity index (χ4n) is 2.17. The molecule has 1 fully saturated rings. The van der Waals surface area contributed by atoms with Crippen molar-refractivity contribution >= 4 is 5.97 Å². The van der Waals surface area contributed by atoms with Crippen molar-refractivity contribution in [2.24, 2.45) is 0 Å². The van der Waals surface area contributed by atoms with Gasteiger partial charge in [-0.2, -0.15) is 0 Å². The van der Waals surface area contributed by atoms with Gasteiger partial charge >= 0.3 is 5.97 Å². The molecule has 98 valence electrons. The molecule has 1 aliphatic rings. The van der Waals surface area contributed by atoms with Crippen LogP contribution in [-0.2, 0) is 15.1 Å². The molecular weight excluding hydrogens is 232 g/mol. The van der Waals surface area contributed by atoms with E-state index in [1.807, 2.05) is 38.1 Å². The molecule has 0 spiro atoms. The van der Waals surface area contributed by atoms with Crippen LogP contribution < -0.4 is 4.74 Å². The third-order valence-corrected chi connectivity index (χ3v) is 3.07. The van der Waals surface area contributed by atoms with Crippen LogP contribution in [0.4, 0.5) is 0 Å². The monoisotopic (exact) mass is 250 g/mol. The lowest BCUT2D eigenvalue weighted by Gasteiger charge is -2.41. The minimum atomic E-state index is -0.836. The van der Waals surface area contributed by atoms with Gasteiger partial charge in [-0.1, -0.05) is 12.1 Å². The van der Waals surface area contributed by atoms with E-state index < -0.39 is 11.6 Å². The van der Waals surface area contributed by atoms with Crippen molar-refractivity contribution in [1.29, 1.82) is 0 Å². The summed E-state index contributed by atoms with van der Waals surface area (Å²) in [5.41, 5.74) is 0.273. The topological polar surface area (TPSA) is 55.8 Å². The van der Waals surface area contributed by atoms with E-state index in [2.05, 4.69) is 0 Å². The zero-order valence-electron chi connectivity index (χ0n) is 10.7. The van der Waals surface area contributed by atoms with Gasteiger partial charge in [-0.3, -0.25) is 4.79 Å². The Hall–Kier alpha value is -1.55. The van der Waals surface area contributed by atoms with Gasteiger partial charge in [0.25, 0.3) is 0 Å². The fraction of sp³-hybridized carbons (Fsp3) is 0.500. The number of ether oxygens (including phenoxy) is 2. The van der Waals surface area contributed by atoms with Gasteiger partial charge in [0.15, 0.2) is 0 Å².